The maximum absolute atomic E-state index is 11.4. The predicted molar refractivity (Wildman–Crippen MR) is 71.4 cm³/mol. The molecule has 0 unspecified atom stereocenters. The average molecular weight is 250 g/mol. The summed E-state index contributed by atoms with van der Waals surface area (Å²) in [5.41, 5.74) is 0.532. The van der Waals surface area contributed by atoms with Crippen LogP contribution in [0.4, 0.5) is 0 Å². The summed E-state index contributed by atoms with van der Waals surface area (Å²) in [4.78, 5) is 11.4. The Morgan fingerprint density at radius 2 is 1.94 bits per heavy atom. The second-order valence-electron chi connectivity index (χ2n) is 4.57. The van der Waals surface area contributed by atoms with Gasteiger partial charge in [-0.2, -0.15) is 0 Å². The fourth-order valence-corrected chi connectivity index (χ4v) is 1.92. The number of ether oxygens (including phenoxy) is 1. The lowest BCUT2D eigenvalue weighted by Crippen LogP contribution is -2.36. The third kappa shape index (κ3) is 3.57. The Kier molecular flexibility index (Phi) is 5.86. The van der Waals surface area contributed by atoms with Crippen molar-refractivity contribution in [2.24, 2.45) is 0 Å². The molecule has 0 saturated heterocycles. The molecule has 1 aromatic rings. The van der Waals surface area contributed by atoms with Crippen molar-refractivity contribution < 1.29 is 14.6 Å². The second-order valence-corrected chi connectivity index (χ2v) is 4.57. The summed E-state index contributed by atoms with van der Waals surface area (Å²) in [6.45, 7) is 4.16. The molecule has 3 heteroatoms. The predicted octanol–water partition coefficient (Wildman–Crippen LogP) is 2.67. The van der Waals surface area contributed by atoms with E-state index in [2.05, 4.69) is 0 Å². The largest absolute Gasteiger partial charge is 0.465 e. The number of carbonyl (C=O) groups is 1. The zero-order chi connectivity index (χ0) is 13.4. The van der Waals surface area contributed by atoms with E-state index in [-0.39, 0.29) is 19.2 Å². The van der Waals surface area contributed by atoms with Crippen LogP contribution in [0.15, 0.2) is 30.3 Å². The number of benzene rings is 1. The Labute approximate surface area is 109 Å². The van der Waals surface area contributed by atoms with E-state index in [0.717, 1.165) is 18.4 Å². The van der Waals surface area contributed by atoms with Crippen LogP contribution < -0.4 is 0 Å². The summed E-state index contributed by atoms with van der Waals surface area (Å²) in [5, 5.41) is 9.68. The number of rotatable bonds is 7. The van der Waals surface area contributed by atoms with Gasteiger partial charge in [-0.05, 0) is 18.4 Å². The molecule has 0 aliphatic carbocycles. The van der Waals surface area contributed by atoms with Gasteiger partial charge >= 0.3 is 5.97 Å². The van der Waals surface area contributed by atoms with Crippen LogP contribution >= 0.6 is 0 Å². The molecule has 1 atom stereocenters. The lowest BCUT2D eigenvalue weighted by atomic mass is 9.79. The number of carbonyl (C=O) groups excluding carboxylic acids is 1. The van der Waals surface area contributed by atoms with Crippen LogP contribution in [0.2, 0.25) is 0 Å². The van der Waals surface area contributed by atoms with Gasteiger partial charge < -0.3 is 9.84 Å². The number of hydrogen-bond donors (Lipinski definition) is 1. The van der Waals surface area contributed by atoms with Gasteiger partial charge in [0, 0.05) is 6.42 Å². The third-order valence-electron chi connectivity index (χ3n) is 3.33. The highest BCUT2D eigenvalue weighted by atomic mass is 16.5. The van der Waals surface area contributed by atoms with E-state index in [1.165, 1.54) is 0 Å². The lowest BCUT2D eigenvalue weighted by Gasteiger charge is -2.30. The minimum Gasteiger partial charge on any atom is -0.465 e. The van der Waals surface area contributed by atoms with Gasteiger partial charge in [-0.25, -0.2) is 0 Å². The molecule has 1 rings (SSSR count). The van der Waals surface area contributed by atoms with Crippen molar-refractivity contribution in [2.45, 2.75) is 38.5 Å². The van der Waals surface area contributed by atoms with Crippen molar-refractivity contribution in [2.75, 3.05) is 13.2 Å². The van der Waals surface area contributed by atoms with E-state index in [4.69, 9.17) is 4.74 Å². The van der Waals surface area contributed by atoms with E-state index < -0.39 is 5.41 Å². The Hall–Kier alpha value is -1.35. The Morgan fingerprint density at radius 3 is 2.44 bits per heavy atom. The van der Waals surface area contributed by atoms with Crippen molar-refractivity contribution in [3.05, 3.63) is 35.9 Å². The van der Waals surface area contributed by atoms with E-state index in [1.807, 2.05) is 44.2 Å². The summed E-state index contributed by atoms with van der Waals surface area (Å²) in [6, 6.07) is 9.73. The molecule has 0 radical (unpaired) electrons. The number of esters is 1. The maximum atomic E-state index is 11.4. The molecule has 0 bridgehead atoms. The summed E-state index contributed by atoms with van der Waals surface area (Å²) >= 11 is 0. The van der Waals surface area contributed by atoms with Crippen molar-refractivity contribution >= 4 is 5.97 Å². The molecule has 0 fully saturated rings. The van der Waals surface area contributed by atoms with Gasteiger partial charge in [0.15, 0.2) is 0 Å². The topological polar surface area (TPSA) is 46.5 Å². The summed E-state index contributed by atoms with van der Waals surface area (Å²) in [5.74, 6) is -0.195. The van der Waals surface area contributed by atoms with Crippen molar-refractivity contribution in [3.63, 3.8) is 0 Å². The van der Waals surface area contributed by atoms with Gasteiger partial charge in [0.25, 0.3) is 0 Å². The molecule has 100 valence electrons. The second kappa shape index (κ2) is 7.17. The minimum atomic E-state index is -0.481. The molecule has 0 saturated carbocycles. The fraction of sp³-hybridized carbons (Fsp3) is 0.533. The van der Waals surface area contributed by atoms with E-state index >= 15 is 0 Å². The smallest absolute Gasteiger partial charge is 0.305 e. The molecular weight excluding hydrogens is 228 g/mol. The summed E-state index contributed by atoms with van der Waals surface area (Å²) in [6.07, 6.45) is 1.94. The minimum absolute atomic E-state index is 0.0209. The van der Waals surface area contributed by atoms with Gasteiger partial charge in [-0.3, -0.25) is 4.79 Å². The molecule has 0 aliphatic heterocycles. The Bertz CT molecular complexity index is 355. The Balaban J connectivity index is 2.78. The molecule has 1 N–H and O–H groups in total. The van der Waals surface area contributed by atoms with Crippen LogP contribution in [0.25, 0.3) is 0 Å². The monoisotopic (exact) mass is 250 g/mol. The molecule has 3 nitrogen and oxygen atoms in total. The van der Waals surface area contributed by atoms with Gasteiger partial charge in [0.1, 0.15) is 6.61 Å². The molecule has 1 aromatic carbocycles. The van der Waals surface area contributed by atoms with Gasteiger partial charge in [0.05, 0.1) is 12.0 Å². The standard InChI is InChI=1S/C15H22O3/c1-3-8-14(17)18-12-15(4-2,11-16)13-9-6-5-7-10-13/h5-7,9-10,16H,3-4,8,11-12H2,1-2H3/t15-/m0/s1. The molecule has 18 heavy (non-hydrogen) atoms. The van der Waals surface area contributed by atoms with Crippen molar-refractivity contribution in [1.82, 2.24) is 0 Å². The fourth-order valence-electron chi connectivity index (χ4n) is 1.92. The van der Waals surface area contributed by atoms with Crippen LogP contribution in [-0.4, -0.2) is 24.3 Å². The van der Waals surface area contributed by atoms with Gasteiger partial charge in [-0.1, -0.05) is 44.2 Å². The van der Waals surface area contributed by atoms with Crippen LogP contribution in [0.3, 0.4) is 0 Å². The highest BCUT2D eigenvalue weighted by Crippen LogP contribution is 2.28. The Morgan fingerprint density at radius 1 is 1.28 bits per heavy atom. The molecule has 0 aromatic heterocycles. The zero-order valence-electron chi connectivity index (χ0n) is 11.2. The van der Waals surface area contributed by atoms with E-state index in [1.54, 1.807) is 0 Å². The van der Waals surface area contributed by atoms with Gasteiger partial charge in [0.2, 0.25) is 0 Å². The van der Waals surface area contributed by atoms with Crippen LogP contribution in [0.5, 0.6) is 0 Å². The molecule has 0 heterocycles. The summed E-state index contributed by atoms with van der Waals surface area (Å²) < 4.78 is 5.29. The zero-order valence-corrected chi connectivity index (χ0v) is 11.2. The number of aliphatic hydroxyl groups is 1. The molecule has 0 amide bonds. The lowest BCUT2D eigenvalue weighted by molar-refractivity contribution is -0.146. The first-order chi connectivity index (χ1) is 8.68. The van der Waals surface area contributed by atoms with Gasteiger partial charge in [-0.15, -0.1) is 0 Å². The van der Waals surface area contributed by atoms with E-state index in [0.29, 0.717) is 6.42 Å². The normalized spacial score (nSPS) is 13.9. The quantitative estimate of drug-likeness (QED) is 0.757. The molecule has 0 spiro atoms. The highest BCUT2D eigenvalue weighted by molar-refractivity contribution is 5.69. The first-order valence-corrected chi connectivity index (χ1v) is 6.50. The third-order valence-corrected chi connectivity index (χ3v) is 3.33. The SMILES string of the molecule is CCCC(=O)OC[C@](CC)(CO)c1ccccc1. The maximum Gasteiger partial charge on any atom is 0.305 e. The first-order valence-electron chi connectivity index (χ1n) is 6.50. The van der Waals surface area contributed by atoms with Crippen molar-refractivity contribution in [3.8, 4) is 0 Å². The number of hydrogen-bond acceptors (Lipinski definition) is 3. The average Bonchev–Trinajstić information content (AvgIpc) is 2.42. The van der Waals surface area contributed by atoms with Crippen LogP contribution in [0, 0.1) is 0 Å². The molecular formula is C15H22O3. The van der Waals surface area contributed by atoms with Crippen LogP contribution in [-0.2, 0) is 14.9 Å². The number of aliphatic hydroxyl groups excluding tert-OH is 1. The highest BCUT2D eigenvalue weighted by Gasteiger charge is 2.31. The van der Waals surface area contributed by atoms with Crippen molar-refractivity contribution in [1.29, 1.82) is 0 Å². The molecule has 0 aliphatic rings. The van der Waals surface area contributed by atoms with Crippen LogP contribution in [0.1, 0.15) is 38.7 Å². The summed E-state index contributed by atoms with van der Waals surface area (Å²) in [7, 11) is 0. The van der Waals surface area contributed by atoms with E-state index in [9.17, 15) is 9.90 Å². The first kappa shape index (κ1) is 14.7.